The Morgan fingerprint density at radius 1 is 1.14 bits per heavy atom. The first-order chi connectivity index (χ1) is 13.4. The number of aliphatic imine (C=N–C) groups is 1. The molecule has 0 saturated heterocycles. The number of hydrogen-bond donors (Lipinski definition) is 2. The highest BCUT2D eigenvalue weighted by atomic mass is 79.9. The number of hydrogen-bond acceptors (Lipinski definition) is 4. The van der Waals surface area contributed by atoms with Gasteiger partial charge in [0.05, 0.1) is 23.3 Å². The molecule has 1 aliphatic heterocycles. The van der Waals surface area contributed by atoms with Crippen LogP contribution in [-0.4, -0.2) is 23.2 Å². The molecular weight excluding hydrogens is 416 g/mol. The zero-order chi connectivity index (χ0) is 20.3. The number of benzene rings is 2. The van der Waals surface area contributed by atoms with Crippen molar-refractivity contribution in [3.05, 3.63) is 57.6 Å². The van der Waals surface area contributed by atoms with Gasteiger partial charge in [0.25, 0.3) is 0 Å². The Morgan fingerprint density at radius 2 is 1.79 bits per heavy atom. The number of carbonyl (C=O) groups excluding carboxylic acids is 1. The van der Waals surface area contributed by atoms with E-state index in [1.165, 1.54) is 11.1 Å². The standard InChI is InChI=1S/C21H21BrN2O.C2H6O/c1-12-10-17-18(11-13(12)2)24-21(14-6-8-15(22)9-7-14)20-16(23-17)4-3-5-19(20)25;1-2-3/h6-11,20-21,24H,3-5H2,1-2H3;3H,2H2,1H3. The number of carbonyl (C=O) groups is 1. The van der Waals surface area contributed by atoms with Crippen molar-refractivity contribution in [2.45, 2.75) is 46.1 Å². The Hall–Kier alpha value is -1.98. The summed E-state index contributed by atoms with van der Waals surface area (Å²) in [6, 6.07) is 12.5. The maximum atomic E-state index is 12.8. The normalized spacial score (nSPS) is 20.6. The zero-order valence-electron chi connectivity index (χ0n) is 16.6. The highest BCUT2D eigenvalue weighted by Crippen LogP contribution is 2.41. The molecule has 0 aromatic heterocycles. The minimum atomic E-state index is -0.178. The lowest BCUT2D eigenvalue weighted by molar-refractivity contribution is -0.122. The summed E-state index contributed by atoms with van der Waals surface area (Å²) in [6.07, 6.45) is 2.45. The summed E-state index contributed by atoms with van der Waals surface area (Å²) in [5.74, 6) is 0.120. The van der Waals surface area contributed by atoms with E-state index in [0.29, 0.717) is 12.2 Å². The summed E-state index contributed by atoms with van der Waals surface area (Å²) in [7, 11) is 0. The summed E-state index contributed by atoms with van der Waals surface area (Å²) < 4.78 is 1.04. The van der Waals surface area contributed by atoms with Gasteiger partial charge in [-0.2, -0.15) is 0 Å². The monoisotopic (exact) mass is 442 g/mol. The van der Waals surface area contributed by atoms with Crippen LogP contribution < -0.4 is 5.32 Å². The van der Waals surface area contributed by atoms with Crippen LogP contribution in [0.3, 0.4) is 0 Å². The van der Waals surface area contributed by atoms with Crippen molar-refractivity contribution in [3.8, 4) is 0 Å². The smallest absolute Gasteiger partial charge is 0.144 e. The number of aliphatic hydroxyl groups is 1. The predicted octanol–water partition coefficient (Wildman–Crippen LogP) is 5.67. The van der Waals surface area contributed by atoms with Gasteiger partial charge in [0, 0.05) is 23.2 Å². The summed E-state index contributed by atoms with van der Waals surface area (Å²) >= 11 is 3.50. The molecule has 0 amide bonds. The summed E-state index contributed by atoms with van der Waals surface area (Å²) in [5.41, 5.74) is 6.59. The molecule has 5 heteroatoms. The molecule has 1 saturated carbocycles. The number of fused-ring (bicyclic) bond motifs is 2. The van der Waals surface area contributed by atoms with Gasteiger partial charge in [-0.25, -0.2) is 0 Å². The van der Waals surface area contributed by atoms with Gasteiger partial charge in [0.2, 0.25) is 0 Å². The Balaban J connectivity index is 0.000000706. The number of aliphatic hydroxyl groups excluding tert-OH is 1. The fraction of sp³-hybridized carbons (Fsp3) is 0.391. The molecule has 1 fully saturated rings. The van der Waals surface area contributed by atoms with Crippen molar-refractivity contribution >= 4 is 38.8 Å². The van der Waals surface area contributed by atoms with Crippen LogP contribution in [0.5, 0.6) is 0 Å². The van der Waals surface area contributed by atoms with Crippen LogP contribution in [0, 0.1) is 19.8 Å². The fourth-order valence-electron chi connectivity index (χ4n) is 3.80. The van der Waals surface area contributed by atoms with Crippen molar-refractivity contribution in [1.82, 2.24) is 0 Å². The molecule has 2 unspecified atom stereocenters. The predicted molar refractivity (Wildman–Crippen MR) is 119 cm³/mol. The molecule has 0 bridgehead atoms. The lowest BCUT2D eigenvalue weighted by atomic mass is 9.78. The molecule has 2 aromatic carbocycles. The van der Waals surface area contributed by atoms with Crippen molar-refractivity contribution in [2.24, 2.45) is 10.9 Å². The first kappa shape index (κ1) is 20.7. The van der Waals surface area contributed by atoms with E-state index in [0.717, 1.165) is 40.0 Å². The summed E-state index contributed by atoms with van der Waals surface area (Å²) in [4.78, 5) is 17.7. The largest absolute Gasteiger partial charge is 0.397 e. The van der Waals surface area contributed by atoms with E-state index in [9.17, 15) is 4.79 Å². The molecule has 4 nitrogen and oxygen atoms in total. The lowest BCUT2D eigenvalue weighted by Crippen LogP contribution is -2.36. The molecule has 2 aliphatic rings. The van der Waals surface area contributed by atoms with E-state index in [1.807, 2.05) is 12.1 Å². The van der Waals surface area contributed by atoms with Crippen molar-refractivity contribution in [1.29, 1.82) is 0 Å². The Morgan fingerprint density at radius 3 is 2.46 bits per heavy atom. The third-order valence-electron chi connectivity index (χ3n) is 5.31. The van der Waals surface area contributed by atoms with Crippen molar-refractivity contribution in [3.63, 3.8) is 0 Å². The Bertz CT molecular complexity index is 890. The Kier molecular flexibility index (Phi) is 6.68. The van der Waals surface area contributed by atoms with Crippen molar-refractivity contribution in [2.75, 3.05) is 11.9 Å². The molecule has 1 aliphatic carbocycles. The number of ketones is 1. The number of anilines is 1. The van der Waals surface area contributed by atoms with Crippen LogP contribution in [-0.2, 0) is 4.79 Å². The lowest BCUT2D eigenvalue weighted by Gasteiger charge is -2.30. The third kappa shape index (κ3) is 4.36. The second-order valence-corrected chi connectivity index (χ2v) is 8.26. The Labute approximate surface area is 175 Å². The van der Waals surface area contributed by atoms with E-state index in [1.54, 1.807) is 6.92 Å². The fourth-order valence-corrected chi connectivity index (χ4v) is 4.07. The molecule has 1 heterocycles. The highest BCUT2D eigenvalue weighted by molar-refractivity contribution is 9.10. The molecule has 4 rings (SSSR count). The van der Waals surface area contributed by atoms with Gasteiger partial charge < -0.3 is 10.4 Å². The second kappa shape index (κ2) is 9.01. The van der Waals surface area contributed by atoms with Crippen molar-refractivity contribution < 1.29 is 9.90 Å². The number of rotatable bonds is 1. The van der Waals surface area contributed by atoms with E-state index in [2.05, 4.69) is 59.4 Å². The number of nitrogens with one attached hydrogen (secondary N) is 1. The highest BCUT2D eigenvalue weighted by Gasteiger charge is 2.38. The zero-order valence-corrected chi connectivity index (χ0v) is 18.2. The maximum Gasteiger partial charge on any atom is 0.144 e. The maximum absolute atomic E-state index is 12.8. The minimum absolute atomic E-state index is 0.0667. The molecule has 2 N–H and O–H groups in total. The number of Topliss-reactive ketones (excluding diaryl/α,β-unsaturated/α-hetero) is 1. The van der Waals surface area contributed by atoms with Crippen LogP contribution in [0.25, 0.3) is 0 Å². The van der Waals surface area contributed by atoms with Gasteiger partial charge in [-0.15, -0.1) is 0 Å². The SMILES string of the molecule is CCO.Cc1cc2c(cc1C)NC(c1ccc(Br)cc1)C1C(=O)CCCC1=N2. The number of aryl methyl sites for hydroxylation is 2. The molecule has 0 spiro atoms. The summed E-state index contributed by atoms with van der Waals surface area (Å²) in [5, 5.41) is 11.2. The molecule has 0 radical (unpaired) electrons. The topological polar surface area (TPSA) is 61.7 Å². The molecule has 28 heavy (non-hydrogen) atoms. The minimum Gasteiger partial charge on any atom is -0.397 e. The van der Waals surface area contributed by atoms with Crippen LogP contribution in [0.2, 0.25) is 0 Å². The van der Waals surface area contributed by atoms with E-state index < -0.39 is 0 Å². The van der Waals surface area contributed by atoms with E-state index >= 15 is 0 Å². The van der Waals surface area contributed by atoms with Gasteiger partial charge in [0.1, 0.15) is 5.78 Å². The third-order valence-corrected chi connectivity index (χ3v) is 5.84. The van der Waals surface area contributed by atoms with Crippen LogP contribution >= 0.6 is 15.9 Å². The van der Waals surface area contributed by atoms with Gasteiger partial charge in [-0.05, 0) is 74.6 Å². The summed E-state index contributed by atoms with van der Waals surface area (Å²) in [6.45, 7) is 6.15. The second-order valence-electron chi connectivity index (χ2n) is 7.34. The molecule has 2 aromatic rings. The number of nitrogens with zero attached hydrogens (tertiary/aromatic N) is 1. The first-order valence-electron chi connectivity index (χ1n) is 9.78. The van der Waals surface area contributed by atoms with Gasteiger partial charge in [0.15, 0.2) is 0 Å². The van der Waals surface area contributed by atoms with Crippen LogP contribution in [0.1, 0.15) is 48.9 Å². The van der Waals surface area contributed by atoms with Crippen LogP contribution in [0.15, 0.2) is 45.9 Å². The molecular formula is C23H27BrN2O2. The van der Waals surface area contributed by atoms with E-state index in [4.69, 9.17) is 10.1 Å². The average Bonchev–Trinajstić information content (AvgIpc) is 2.81. The molecule has 2 atom stereocenters. The first-order valence-corrected chi connectivity index (χ1v) is 10.6. The van der Waals surface area contributed by atoms with Gasteiger partial charge in [-0.1, -0.05) is 28.1 Å². The van der Waals surface area contributed by atoms with Gasteiger partial charge >= 0.3 is 0 Å². The van der Waals surface area contributed by atoms with Crippen LogP contribution in [0.4, 0.5) is 11.4 Å². The van der Waals surface area contributed by atoms with E-state index in [-0.39, 0.29) is 18.6 Å². The number of halogens is 1. The molecule has 148 valence electrons. The quantitative estimate of drug-likeness (QED) is 0.597. The van der Waals surface area contributed by atoms with Gasteiger partial charge in [-0.3, -0.25) is 9.79 Å². The average molecular weight is 443 g/mol.